The molecule has 3 nitrogen and oxygen atoms in total. The maximum absolute atomic E-state index is 3.57. The first-order valence-corrected chi connectivity index (χ1v) is 8.27. The third-order valence-electron chi connectivity index (χ3n) is 4.02. The maximum atomic E-state index is 3.57. The fourth-order valence-corrected chi connectivity index (χ4v) is 2.78. The van der Waals surface area contributed by atoms with E-state index in [2.05, 4.69) is 66.2 Å². The van der Waals surface area contributed by atoms with Gasteiger partial charge in [0.2, 0.25) is 0 Å². The molecule has 21 heavy (non-hydrogen) atoms. The van der Waals surface area contributed by atoms with Crippen molar-refractivity contribution in [3.63, 3.8) is 0 Å². The highest BCUT2D eigenvalue weighted by atomic mass is 15.3. The Balaban J connectivity index is 1.60. The van der Waals surface area contributed by atoms with Crippen LogP contribution in [0.15, 0.2) is 30.3 Å². The van der Waals surface area contributed by atoms with Crippen LogP contribution in [0.25, 0.3) is 0 Å². The molecular formula is C18H31N3. The molecule has 0 aliphatic carbocycles. The van der Waals surface area contributed by atoms with Gasteiger partial charge < -0.3 is 10.2 Å². The van der Waals surface area contributed by atoms with Crippen LogP contribution in [0, 0.1) is 0 Å². The summed E-state index contributed by atoms with van der Waals surface area (Å²) in [5.41, 5.74) is 1.68. The summed E-state index contributed by atoms with van der Waals surface area (Å²) in [5, 5.41) is 3.57. The van der Waals surface area contributed by atoms with Gasteiger partial charge in [0, 0.05) is 38.3 Å². The number of hydrogen-bond acceptors (Lipinski definition) is 3. The van der Waals surface area contributed by atoms with E-state index in [-0.39, 0.29) is 5.54 Å². The van der Waals surface area contributed by atoms with Crippen molar-refractivity contribution in [3.05, 3.63) is 35.9 Å². The predicted molar refractivity (Wildman–Crippen MR) is 90.5 cm³/mol. The van der Waals surface area contributed by atoms with E-state index in [1.165, 1.54) is 44.7 Å². The molecule has 1 aromatic rings. The second-order valence-electron chi connectivity index (χ2n) is 7.13. The van der Waals surface area contributed by atoms with Crippen LogP contribution < -0.4 is 5.32 Å². The Morgan fingerprint density at radius 1 is 0.952 bits per heavy atom. The third kappa shape index (κ3) is 6.60. The fourth-order valence-electron chi connectivity index (χ4n) is 2.78. The SMILES string of the molecule is CC(C)(C)NCCCN1CCN(Cc2ccccc2)CC1. The summed E-state index contributed by atoms with van der Waals surface area (Å²) >= 11 is 0. The summed E-state index contributed by atoms with van der Waals surface area (Å²) in [6.07, 6.45) is 1.25. The number of hydrogen-bond donors (Lipinski definition) is 1. The quantitative estimate of drug-likeness (QED) is 0.812. The van der Waals surface area contributed by atoms with Gasteiger partial charge in [-0.15, -0.1) is 0 Å². The van der Waals surface area contributed by atoms with Crippen LogP contribution in [0.1, 0.15) is 32.8 Å². The summed E-state index contributed by atoms with van der Waals surface area (Å²) in [6.45, 7) is 14.9. The molecule has 0 amide bonds. The van der Waals surface area contributed by atoms with Crippen molar-refractivity contribution in [3.8, 4) is 0 Å². The van der Waals surface area contributed by atoms with Gasteiger partial charge in [-0.2, -0.15) is 0 Å². The molecule has 0 spiro atoms. The van der Waals surface area contributed by atoms with Crippen molar-refractivity contribution in [2.45, 2.75) is 39.3 Å². The summed E-state index contributed by atoms with van der Waals surface area (Å²) in [5.74, 6) is 0. The Morgan fingerprint density at radius 3 is 2.19 bits per heavy atom. The minimum absolute atomic E-state index is 0.244. The Bertz CT molecular complexity index is 389. The van der Waals surface area contributed by atoms with Crippen LogP contribution >= 0.6 is 0 Å². The molecule has 1 fully saturated rings. The minimum Gasteiger partial charge on any atom is -0.312 e. The maximum Gasteiger partial charge on any atom is 0.0234 e. The van der Waals surface area contributed by atoms with Crippen LogP contribution in [0.2, 0.25) is 0 Å². The largest absolute Gasteiger partial charge is 0.312 e. The molecule has 1 heterocycles. The smallest absolute Gasteiger partial charge is 0.0234 e. The molecule has 0 atom stereocenters. The lowest BCUT2D eigenvalue weighted by atomic mass is 10.1. The normalized spacial score (nSPS) is 18.0. The fraction of sp³-hybridized carbons (Fsp3) is 0.667. The average Bonchev–Trinajstić information content (AvgIpc) is 2.45. The van der Waals surface area contributed by atoms with E-state index in [9.17, 15) is 0 Å². The molecule has 3 heteroatoms. The van der Waals surface area contributed by atoms with E-state index in [0.29, 0.717) is 0 Å². The Labute approximate surface area is 130 Å². The monoisotopic (exact) mass is 289 g/mol. The summed E-state index contributed by atoms with van der Waals surface area (Å²) in [6, 6.07) is 10.8. The highest BCUT2D eigenvalue weighted by Gasteiger charge is 2.16. The first-order chi connectivity index (χ1) is 10.0. The van der Waals surface area contributed by atoms with Crippen molar-refractivity contribution in [1.82, 2.24) is 15.1 Å². The highest BCUT2D eigenvalue weighted by molar-refractivity contribution is 5.14. The van der Waals surface area contributed by atoms with Crippen molar-refractivity contribution in [2.75, 3.05) is 39.3 Å². The minimum atomic E-state index is 0.244. The summed E-state index contributed by atoms with van der Waals surface area (Å²) < 4.78 is 0. The molecule has 1 aliphatic rings. The number of nitrogens with zero attached hydrogens (tertiary/aromatic N) is 2. The van der Waals surface area contributed by atoms with Crippen LogP contribution in [0.3, 0.4) is 0 Å². The number of rotatable bonds is 6. The molecule has 2 rings (SSSR count). The van der Waals surface area contributed by atoms with Gasteiger partial charge in [0.05, 0.1) is 0 Å². The molecule has 0 aromatic heterocycles. The second-order valence-corrected chi connectivity index (χ2v) is 7.13. The third-order valence-corrected chi connectivity index (χ3v) is 4.02. The molecule has 0 bridgehead atoms. The predicted octanol–water partition coefficient (Wildman–Crippen LogP) is 2.58. The standard InChI is InChI=1S/C18H31N3/c1-18(2,3)19-10-7-11-20-12-14-21(15-13-20)16-17-8-5-4-6-9-17/h4-6,8-9,19H,7,10-16H2,1-3H3. The van der Waals surface area contributed by atoms with Crippen LogP contribution in [-0.2, 0) is 6.54 Å². The number of piperazine rings is 1. The summed E-state index contributed by atoms with van der Waals surface area (Å²) in [7, 11) is 0. The first-order valence-electron chi connectivity index (χ1n) is 8.27. The molecule has 1 N–H and O–H groups in total. The first kappa shape index (κ1) is 16.5. The molecule has 0 unspecified atom stereocenters. The van der Waals surface area contributed by atoms with Gasteiger partial charge in [0.1, 0.15) is 0 Å². The molecule has 0 saturated carbocycles. The van der Waals surface area contributed by atoms with Crippen molar-refractivity contribution < 1.29 is 0 Å². The van der Waals surface area contributed by atoms with E-state index in [4.69, 9.17) is 0 Å². The lowest BCUT2D eigenvalue weighted by Crippen LogP contribution is -2.46. The van der Waals surface area contributed by atoms with E-state index in [0.717, 1.165) is 13.1 Å². The van der Waals surface area contributed by atoms with Crippen LogP contribution in [0.5, 0.6) is 0 Å². The Kier molecular flexibility index (Phi) is 6.22. The second kappa shape index (κ2) is 7.92. The van der Waals surface area contributed by atoms with Gasteiger partial charge in [-0.05, 0) is 45.8 Å². The van der Waals surface area contributed by atoms with Gasteiger partial charge in [-0.3, -0.25) is 4.90 Å². The molecule has 1 aliphatic heterocycles. The van der Waals surface area contributed by atoms with Gasteiger partial charge in [0.25, 0.3) is 0 Å². The van der Waals surface area contributed by atoms with Gasteiger partial charge >= 0.3 is 0 Å². The van der Waals surface area contributed by atoms with Gasteiger partial charge in [-0.25, -0.2) is 0 Å². The number of benzene rings is 1. The van der Waals surface area contributed by atoms with E-state index >= 15 is 0 Å². The zero-order valence-electron chi connectivity index (χ0n) is 13.9. The molecule has 0 radical (unpaired) electrons. The summed E-state index contributed by atoms with van der Waals surface area (Å²) in [4.78, 5) is 5.17. The van der Waals surface area contributed by atoms with Gasteiger partial charge in [-0.1, -0.05) is 30.3 Å². The molecule has 1 aromatic carbocycles. The van der Waals surface area contributed by atoms with Crippen molar-refractivity contribution in [2.24, 2.45) is 0 Å². The Hall–Kier alpha value is -0.900. The van der Waals surface area contributed by atoms with Gasteiger partial charge in [0.15, 0.2) is 0 Å². The molecular weight excluding hydrogens is 258 g/mol. The number of nitrogens with one attached hydrogen (secondary N) is 1. The van der Waals surface area contributed by atoms with E-state index in [1.807, 2.05) is 0 Å². The van der Waals surface area contributed by atoms with E-state index < -0.39 is 0 Å². The van der Waals surface area contributed by atoms with E-state index in [1.54, 1.807) is 0 Å². The highest BCUT2D eigenvalue weighted by Crippen LogP contribution is 2.08. The molecule has 1 saturated heterocycles. The Morgan fingerprint density at radius 2 is 1.57 bits per heavy atom. The average molecular weight is 289 g/mol. The zero-order valence-corrected chi connectivity index (χ0v) is 13.9. The molecule has 118 valence electrons. The topological polar surface area (TPSA) is 18.5 Å². The van der Waals surface area contributed by atoms with Crippen LogP contribution in [0.4, 0.5) is 0 Å². The van der Waals surface area contributed by atoms with Crippen molar-refractivity contribution >= 4 is 0 Å². The lowest BCUT2D eigenvalue weighted by molar-refractivity contribution is 0.125. The van der Waals surface area contributed by atoms with Crippen molar-refractivity contribution in [1.29, 1.82) is 0 Å². The zero-order chi connectivity index (χ0) is 15.1. The lowest BCUT2D eigenvalue weighted by Gasteiger charge is -2.35. The van der Waals surface area contributed by atoms with Crippen LogP contribution in [-0.4, -0.2) is 54.6 Å².